The van der Waals surface area contributed by atoms with Crippen LogP contribution in [0.2, 0.25) is 0 Å². The van der Waals surface area contributed by atoms with Crippen molar-refractivity contribution in [1.29, 1.82) is 0 Å². The summed E-state index contributed by atoms with van der Waals surface area (Å²) >= 11 is 0. The number of halogens is 5. The smallest absolute Gasteiger partial charge is 0.454 e. The fourth-order valence-electron chi connectivity index (χ4n) is 1.41. The first-order valence-corrected chi connectivity index (χ1v) is 4.74. The minimum atomic E-state index is -5.62. The van der Waals surface area contributed by atoms with E-state index in [1.165, 1.54) is 0 Å². The van der Waals surface area contributed by atoms with Crippen molar-refractivity contribution in [2.45, 2.75) is 31.4 Å². The number of phenols is 1. The normalized spacial score (nSPS) is 13.8. The average Bonchev–Trinajstić information content (AvgIpc) is 2.16. The first kappa shape index (κ1) is 13.7. The predicted octanol–water partition coefficient (Wildman–Crippen LogP) is 3.87. The van der Waals surface area contributed by atoms with Gasteiger partial charge < -0.3 is 5.11 Å². The molecule has 0 aliphatic carbocycles. The molecule has 17 heavy (non-hydrogen) atoms. The Balaban J connectivity index is 3.23. The van der Waals surface area contributed by atoms with E-state index in [0.29, 0.717) is 0 Å². The second-order valence-electron chi connectivity index (χ2n) is 4.24. The van der Waals surface area contributed by atoms with Gasteiger partial charge >= 0.3 is 12.1 Å². The van der Waals surface area contributed by atoms with Crippen LogP contribution in [0.15, 0.2) is 24.3 Å². The van der Waals surface area contributed by atoms with Crippen molar-refractivity contribution in [3.05, 3.63) is 29.8 Å². The summed E-state index contributed by atoms with van der Waals surface area (Å²) in [5, 5.41) is 8.98. The number of phenolic OH excluding ortho intramolecular Hbond substituents is 1. The number of rotatable bonds is 2. The van der Waals surface area contributed by atoms with E-state index in [-0.39, 0.29) is 11.3 Å². The molecule has 0 unspecified atom stereocenters. The summed E-state index contributed by atoms with van der Waals surface area (Å²) in [6, 6.07) is 4.25. The largest absolute Gasteiger partial charge is 0.508 e. The van der Waals surface area contributed by atoms with Crippen molar-refractivity contribution in [3.63, 3.8) is 0 Å². The van der Waals surface area contributed by atoms with E-state index in [9.17, 15) is 22.0 Å². The fraction of sp³-hybridized carbons (Fsp3) is 0.455. The molecule has 0 atom stereocenters. The topological polar surface area (TPSA) is 20.2 Å². The number of alkyl halides is 5. The maximum atomic E-state index is 13.3. The Kier molecular flexibility index (Phi) is 3.11. The van der Waals surface area contributed by atoms with Gasteiger partial charge in [-0.1, -0.05) is 12.1 Å². The number of hydrogen-bond acceptors (Lipinski definition) is 1. The molecule has 1 aromatic carbocycles. The third-order valence-corrected chi connectivity index (χ3v) is 2.73. The van der Waals surface area contributed by atoms with E-state index in [4.69, 9.17) is 5.11 Å². The molecule has 0 amide bonds. The molecule has 96 valence electrons. The highest BCUT2D eigenvalue weighted by atomic mass is 19.4. The van der Waals surface area contributed by atoms with Gasteiger partial charge in [-0.05, 0) is 31.5 Å². The molecule has 0 saturated carbocycles. The molecule has 1 rings (SSSR count). The summed E-state index contributed by atoms with van der Waals surface area (Å²) in [5.74, 6) is -5.04. The quantitative estimate of drug-likeness (QED) is 0.794. The molecule has 0 radical (unpaired) electrons. The predicted molar refractivity (Wildman–Crippen MR) is 52.1 cm³/mol. The molecule has 1 N–H and O–H groups in total. The highest BCUT2D eigenvalue weighted by molar-refractivity contribution is 5.32. The van der Waals surface area contributed by atoms with Crippen LogP contribution in [0, 0.1) is 0 Å². The number of hydrogen-bond donors (Lipinski definition) is 1. The zero-order valence-electron chi connectivity index (χ0n) is 9.15. The molecule has 0 aliphatic heterocycles. The first-order valence-electron chi connectivity index (χ1n) is 4.74. The van der Waals surface area contributed by atoms with Gasteiger partial charge in [-0.2, -0.15) is 22.0 Å². The summed E-state index contributed by atoms with van der Waals surface area (Å²) in [7, 11) is 0. The number of aromatic hydroxyl groups is 1. The van der Waals surface area contributed by atoms with E-state index in [0.717, 1.165) is 38.1 Å². The molecule has 0 aliphatic rings. The van der Waals surface area contributed by atoms with Crippen LogP contribution in [-0.2, 0) is 5.41 Å². The van der Waals surface area contributed by atoms with Gasteiger partial charge in [-0.15, -0.1) is 0 Å². The standard InChI is InChI=1S/C11H11F5O/c1-9(2,10(12,13)11(14,15)16)7-3-5-8(17)6-4-7/h3-6,17H,1-2H3. The summed E-state index contributed by atoms with van der Waals surface area (Å²) in [6.07, 6.45) is -5.62. The summed E-state index contributed by atoms with van der Waals surface area (Å²) < 4.78 is 63.5. The van der Waals surface area contributed by atoms with Crippen molar-refractivity contribution in [3.8, 4) is 5.75 Å². The van der Waals surface area contributed by atoms with Gasteiger partial charge in [-0.25, -0.2) is 0 Å². The minimum absolute atomic E-state index is 0.195. The van der Waals surface area contributed by atoms with E-state index in [1.807, 2.05) is 0 Å². The summed E-state index contributed by atoms with van der Waals surface area (Å²) in [4.78, 5) is 0. The van der Waals surface area contributed by atoms with Crippen molar-refractivity contribution in [2.24, 2.45) is 0 Å². The Morgan fingerprint density at radius 1 is 0.882 bits per heavy atom. The molecular formula is C11H11F5O. The van der Waals surface area contributed by atoms with Crippen LogP contribution < -0.4 is 0 Å². The molecule has 0 bridgehead atoms. The van der Waals surface area contributed by atoms with E-state index >= 15 is 0 Å². The fourth-order valence-corrected chi connectivity index (χ4v) is 1.41. The van der Waals surface area contributed by atoms with Crippen LogP contribution >= 0.6 is 0 Å². The highest BCUT2D eigenvalue weighted by Gasteiger charge is 2.66. The Bertz CT molecular complexity index is 391. The van der Waals surface area contributed by atoms with Crippen molar-refractivity contribution in [1.82, 2.24) is 0 Å². The average molecular weight is 254 g/mol. The Hall–Kier alpha value is -1.33. The van der Waals surface area contributed by atoms with Crippen LogP contribution in [-0.4, -0.2) is 17.2 Å². The van der Waals surface area contributed by atoms with Gasteiger partial charge in [0.15, 0.2) is 0 Å². The van der Waals surface area contributed by atoms with Crippen LogP contribution in [0.25, 0.3) is 0 Å². The molecule has 1 nitrogen and oxygen atoms in total. The third-order valence-electron chi connectivity index (χ3n) is 2.73. The molecule has 0 fully saturated rings. The lowest BCUT2D eigenvalue weighted by molar-refractivity contribution is -0.305. The van der Waals surface area contributed by atoms with Crippen LogP contribution in [0.4, 0.5) is 22.0 Å². The second-order valence-corrected chi connectivity index (χ2v) is 4.24. The van der Waals surface area contributed by atoms with E-state index in [1.54, 1.807) is 0 Å². The molecule has 0 aromatic heterocycles. The SMILES string of the molecule is CC(C)(c1ccc(O)cc1)C(F)(F)C(F)(F)F. The van der Waals surface area contributed by atoms with Crippen LogP contribution in [0.3, 0.4) is 0 Å². The Labute approximate surface area is 94.9 Å². The first-order chi connectivity index (χ1) is 7.50. The zero-order chi connectivity index (χ0) is 13.5. The molecule has 6 heteroatoms. The zero-order valence-corrected chi connectivity index (χ0v) is 9.15. The lowest BCUT2D eigenvalue weighted by atomic mass is 9.78. The minimum Gasteiger partial charge on any atom is -0.508 e. The van der Waals surface area contributed by atoms with Gasteiger partial charge in [0, 0.05) is 0 Å². The maximum Gasteiger partial charge on any atom is 0.454 e. The molecule has 0 heterocycles. The van der Waals surface area contributed by atoms with Crippen LogP contribution in [0.1, 0.15) is 19.4 Å². The van der Waals surface area contributed by atoms with Gasteiger partial charge in [0.25, 0.3) is 0 Å². The monoisotopic (exact) mass is 254 g/mol. The second kappa shape index (κ2) is 3.85. The number of benzene rings is 1. The molecule has 0 saturated heterocycles. The van der Waals surface area contributed by atoms with Crippen molar-refractivity contribution in [2.75, 3.05) is 0 Å². The van der Waals surface area contributed by atoms with Gasteiger partial charge in [0.2, 0.25) is 0 Å². The van der Waals surface area contributed by atoms with Crippen LogP contribution in [0.5, 0.6) is 5.75 Å². The summed E-state index contributed by atoms with van der Waals surface area (Å²) in [5.41, 5.74) is -2.60. The molecule has 1 aromatic rings. The summed E-state index contributed by atoms with van der Waals surface area (Å²) in [6.45, 7) is 1.62. The van der Waals surface area contributed by atoms with Crippen molar-refractivity contribution >= 4 is 0 Å². The lowest BCUT2D eigenvalue weighted by Crippen LogP contribution is -2.51. The Morgan fingerprint density at radius 3 is 1.65 bits per heavy atom. The lowest BCUT2D eigenvalue weighted by Gasteiger charge is -2.35. The maximum absolute atomic E-state index is 13.3. The van der Waals surface area contributed by atoms with E-state index in [2.05, 4.69) is 0 Å². The van der Waals surface area contributed by atoms with Gasteiger partial charge in [-0.3, -0.25) is 0 Å². The van der Waals surface area contributed by atoms with Crippen molar-refractivity contribution < 1.29 is 27.1 Å². The molecular weight excluding hydrogens is 243 g/mol. The van der Waals surface area contributed by atoms with Gasteiger partial charge in [0.1, 0.15) is 5.75 Å². The Morgan fingerprint density at radius 2 is 1.29 bits per heavy atom. The van der Waals surface area contributed by atoms with Gasteiger partial charge in [0.05, 0.1) is 5.41 Å². The highest BCUT2D eigenvalue weighted by Crippen LogP contribution is 2.49. The molecule has 0 spiro atoms. The van der Waals surface area contributed by atoms with E-state index < -0.39 is 17.5 Å². The third kappa shape index (κ3) is 2.21.